The van der Waals surface area contributed by atoms with Crippen LogP contribution in [0.2, 0.25) is 0 Å². The van der Waals surface area contributed by atoms with Gasteiger partial charge in [0.15, 0.2) is 0 Å². The van der Waals surface area contributed by atoms with E-state index >= 15 is 0 Å². The minimum atomic E-state index is 0.822. The number of imidazole rings is 2. The Hall–Kier alpha value is -11.5. The van der Waals surface area contributed by atoms with Gasteiger partial charge in [0.1, 0.15) is 11.6 Å². The molecule has 1 aliphatic carbocycles. The van der Waals surface area contributed by atoms with E-state index in [0.717, 1.165) is 90.5 Å². The Balaban J connectivity index is 0.878. The quantitative estimate of drug-likeness (QED) is 0.135. The molecule has 0 N–H and O–H groups in total. The maximum atomic E-state index is 5.06. The Morgan fingerprint density at radius 2 is 0.742 bits per heavy atom. The molecule has 0 unspecified atom stereocenters. The van der Waals surface area contributed by atoms with Gasteiger partial charge in [-0.2, -0.15) is 0 Å². The van der Waals surface area contributed by atoms with E-state index in [2.05, 4.69) is 295 Å². The molecule has 0 aliphatic heterocycles. The molecule has 0 atom stereocenters. The molecule has 3 aromatic heterocycles. The number of benzene rings is 14. The van der Waals surface area contributed by atoms with Crippen molar-refractivity contribution in [2.75, 3.05) is 0 Å². The summed E-state index contributed by atoms with van der Waals surface area (Å²) in [6, 6.07) is 101. The monoisotopic (exact) mass is 1130 g/mol. The fourth-order valence-corrected chi connectivity index (χ4v) is 15.0. The number of aryl methyl sites for hydroxylation is 2. The number of rotatable bonds is 9. The van der Waals surface area contributed by atoms with Gasteiger partial charge in [0, 0.05) is 30.2 Å². The molecule has 0 saturated heterocycles. The molecule has 416 valence electrons. The van der Waals surface area contributed by atoms with Crippen molar-refractivity contribution >= 4 is 75.9 Å². The third-order valence-electron chi connectivity index (χ3n) is 18.9. The molecule has 0 radical (unpaired) electrons. The highest BCUT2D eigenvalue weighted by atomic mass is 15.1. The highest BCUT2D eigenvalue weighted by Gasteiger charge is 2.26. The van der Waals surface area contributed by atoms with Crippen LogP contribution in [0, 0.1) is 6.92 Å². The summed E-state index contributed by atoms with van der Waals surface area (Å²) in [5.74, 6) is 2.00. The summed E-state index contributed by atoms with van der Waals surface area (Å²) in [5, 5.41) is 12.2. The SMILES string of the molecule is CCc1nc2ccccc2n1-c1ccc(-c2c3ccccc3c(-c3ccc(-c4cccnc4)cc3)c3ccc(-c4ccc5c(-c6ccc7c8c(cccc68)-c6ccccc6-7)c6ccccc6c(-c6ccc(-n7c(C)nc8ccccc87)cc6)c5c4)cc23)cc1. The summed E-state index contributed by atoms with van der Waals surface area (Å²) in [6.07, 6.45) is 4.59. The number of fused-ring (bicyclic) bond motifs is 9. The normalized spacial score (nSPS) is 12.0. The first kappa shape index (κ1) is 50.8. The molecule has 0 amide bonds. The van der Waals surface area contributed by atoms with Crippen LogP contribution in [0.3, 0.4) is 0 Å². The molecule has 18 rings (SSSR count). The summed E-state index contributed by atoms with van der Waals surface area (Å²) in [5.41, 5.74) is 25.7. The molecule has 3 heterocycles. The number of pyridine rings is 1. The summed E-state index contributed by atoms with van der Waals surface area (Å²) in [6.45, 7) is 4.28. The van der Waals surface area contributed by atoms with Crippen molar-refractivity contribution in [3.05, 3.63) is 297 Å². The zero-order valence-electron chi connectivity index (χ0n) is 49.1. The van der Waals surface area contributed by atoms with Crippen molar-refractivity contribution in [2.45, 2.75) is 20.3 Å². The van der Waals surface area contributed by atoms with Crippen molar-refractivity contribution in [1.82, 2.24) is 24.1 Å². The molecule has 14 aromatic carbocycles. The minimum absolute atomic E-state index is 0.822. The number of aromatic nitrogens is 5. The maximum Gasteiger partial charge on any atom is 0.114 e. The second kappa shape index (κ2) is 20.0. The molecule has 0 fully saturated rings. The van der Waals surface area contributed by atoms with E-state index in [1.807, 2.05) is 18.5 Å². The average Bonchev–Trinajstić information content (AvgIpc) is 1.70. The van der Waals surface area contributed by atoms with Gasteiger partial charge < -0.3 is 0 Å². The molecular formula is C84H55N5. The average molecular weight is 1130 g/mol. The van der Waals surface area contributed by atoms with Crippen LogP contribution in [0.25, 0.3) is 176 Å². The molecular weight excluding hydrogens is 1080 g/mol. The molecule has 0 spiro atoms. The van der Waals surface area contributed by atoms with Gasteiger partial charge in [-0.05, 0) is 217 Å². The van der Waals surface area contributed by atoms with Crippen LogP contribution in [0.1, 0.15) is 18.6 Å². The van der Waals surface area contributed by atoms with Crippen molar-refractivity contribution < 1.29 is 0 Å². The third kappa shape index (κ3) is 7.85. The van der Waals surface area contributed by atoms with Crippen LogP contribution in [0.5, 0.6) is 0 Å². The lowest BCUT2D eigenvalue weighted by Gasteiger charge is -2.21. The molecule has 0 saturated carbocycles. The zero-order valence-corrected chi connectivity index (χ0v) is 49.1. The highest BCUT2D eigenvalue weighted by Crippen LogP contribution is 2.53. The first-order valence-electron chi connectivity index (χ1n) is 30.8. The zero-order chi connectivity index (χ0) is 58.8. The maximum absolute atomic E-state index is 5.06. The van der Waals surface area contributed by atoms with E-state index < -0.39 is 0 Å². The molecule has 89 heavy (non-hydrogen) atoms. The van der Waals surface area contributed by atoms with Crippen LogP contribution in [0.15, 0.2) is 285 Å². The van der Waals surface area contributed by atoms with E-state index in [1.165, 1.54) is 104 Å². The third-order valence-corrected chi connectivity index (χ3v) is 18.9. The fourth-order valence-electron chi connectivity index (χ4n) is 15.0. The summed E-state index contributed by atoms with van der Waals surface area (Å²) in [7, 11) is 0. The van der Waals surface area contributed by atoms with Gasteiger partial charge in [-0.3, -0.25) is 14.1 Å². The van der Waals surface area contributed by atoms with Crippen molar-refractivity contribution in [3.8, 4) is 100 Å². The predicted molar refractivity (Wildman–Crippen MR) is 372 cm³/mol. The molecule has 1 aliphatic rings. The Bertz CT molecular complexity index is 5730. The highest BCUT2D eigenvalue weighted by molar-refractivity contribution is 6.27. The lowest BCUT2D eigenvalue weighted by molar-refractivity contribution is 0.908. The van der Waals surface area contributed by atoms with Gasteiger partial charge in [-0.15, -0.1) is 0 Å². The first-order chi connectivity index (χ1) is 44.0. The smallest absolute Gasteiger partial charge is 0.114 e. The van der Waals surface area contributed by atoms with Gasteiger partial charge in [-0.25, -0.2) is 9.97 Å². The molecule has 0 bridgehead atoms. The lowest BCUT2D eigenvalue weighted by atomic mass is 9.82. The summed E-state index contributed by atoms with van der Waals surface area (Å²) < 4.78 is 4.58. The van der Waals surface area contributed by atoms with Crippen LogP contribution in [-0.2, 0) is 6.42 Å². The first-order valence-corrected chi connectivity index (χ1v) is 30.8. The predicted octanol–water partition coefficient (Wildman–Crippen LogP) is 22.0. The second-order valence-corrected chi connectivity index (χ2v) is 23.6. The number of para-hydroxylation sites is 4. The van der Waals surface area contributed by atoms with E-state index in [-0.39, 0.29) is 0 Å². The van der Waals surface area contributed by atoms with Crippen LogP contribution in [0.4, 0.5) is 0 Å². The van der Waals surface area contributed by atoms with Crippen LogP contribution in [-0.4, -0.2) is 24.1 Å². The largest absolute Gasteiger partial charge is 0.297 e. The topological polar surface area (TPSA) is 48.5 Å². The van der Waals surface area contributed by atoms with E-state index in [4.69, 9.17) is 9.97 Å². The summed E-state index contributed by atoms with van der Waals surface area (Å²) in [4.78, 5) is 14.5. The van der Waals surface area contributed by atoms with E-state index in [1.54, 1.807) is 0 Å². The fraction of sp³-hybridized carbons (Fsp3) is 0.0357. The van der Waals surface area contributed by atoms with Crippen LogP contribution < -0.4 is 0 Å². The Kier molecular flexibility index (Phi) is 11.4. The Labute approximate surface area is 514 Å². The second-order valence-electron chi connectivity index (χ2n) is 23.6. The Morgan fingerprint density at radius 1 is 0.303 bits per heavy atom. The lowest BCUT2D eigenvalue weighted by Crippen LogP contribution is -2.00. The van der Waals surface area contributed by atoms with Crippen molar-refractivity contribution in [1.29, 1.82) is 0 Å². The van der Waals surface area contributed by atoms with Gasteiger partial charge in [-0.1, -0.05) is 213 Å². The van der Waals surface area contributed by atoms with Crippen molar-refractivity contribution in [2.24, 2.45) is 0 Å². The van der Waals surface area contributed by atoms with Gasteiger partial charge in [0.25, 0.3) is 0 Å². The standard InChI is InChI=1S/C84H55N5/c1-3-79-87-76-26-11-13-28-78(76)89(79)60-41-35-55(36-42-60)81-65-20-7-6-19-64(65)80(53-31-29-52(30-32-53)58-16-15-47-85-50-58)71-43-37-56(48-73(71)81)57-38-44-72-74(49-57)82(54-33-39-59(40-34-54)88-51(2)86-75-25-10-12-27-77(75)88)66-21-8-9-22-67(66)84(72)70-46-45-69-62-18-5-4-17-61(62)63-23-14-24-68(70)83(63)69/h4-50H,3H2,1-2H3. The number of nitrogens with zero attached hydrogens (tertiary/aromatic N) is 5. The molecule has 17 aromatic rings. The molecule has 5 heteroatoms. The van der Waals surface area contributed by atoms with Crippen LogP contribution >= 0.6 is 0 Å². The van der Waals surface area contributed by atoms with Gasteiger partial charge in [0.05, 0.1) is 22.1 Å². The van der Waals surface area contributed by atoms with E-state index in [0.29, 0.717) is 0 Å². The molecule has 5 nitrogen and oxygen atoms in total. The van der Waals surface area contributed by atoms with E-state index in [9.17, 15) is 0 Å². The Morgan fingerprint density at radius 3 is 1.34 bits per heavy atom. The number of hydrogen-bond acceptors (Lipinski definition) is 3. The minimum Gasteiger partial charge on any atom is -0.297 e. The summed E-state index contributed by atoms with van der Waals surface area (Å²) >= 11 is 0. The number of hydrogen-bond donors (Lipinski definition) is 0. The van der Waals surface area contributed by atoms with Gasteiger partial charge >= 0.3 is 0 Å². The van der Waals surface area contributed by atoms with Crippen molar-refractivity contribution in [3.63, 3.8) is 0 Å². The van der Waals surface area contributed by atoms with Gasteiger partial charge in [0.2, 0.25) is 0 Å².